The van der Waals surface area contributed by atoms with Gasteiger partial charge in [0.15, 0.2) is 0 Å². The van der Waals surface area contributed by atoms with Crippen LogP contribution >= 0.6 is 11.6 Å². The number of nitrogens with zero attached hydrogens (tertiary/aromatic N) is 1. The number of halogens is 1. The lowest BCUT2D eigenvalue weighted by Gasteiger charge is -2.20. The molecule has 0 bridgehead atoms. The third kappa shape index (κ3) is 3.05. The van der Waals surface area contributed by atoms with Crippen LogP contribution < -0.4 is 10.1 Å². The van der Waals surface area contributed by atoms with E-state index >= 15 is 0 Å². The molecule has 2 rings (SSSR count). The number of nitrogens with one attached hydrogen (secondary N) is 1. The highest BCUT2D eigenvalue weighted by molar-refractivity contribution is 7.89. The fraction of sp³-hybridized carbons (Fsp3) is 0.417. The summed E-state index contributed by atoms with van der Waals surface area (Å²) in [5.74, 6) is 0.0480. The summed E-state index contributed by atoms with van der Waals surface area (Å²) in [5, 5.41) is 3.04. The topological polar surface area (TPSA) is 75.7 Å². The number of sulfonamides is 1. The fourth-order valence-corrected chi connectivity index (χ4v) is 3.72. The van der Waals surface area contributed by atoms with Crippen LogP contribution in [0.4, 0.5) is 0 Å². The van der Waals surface area contributed by atoms with Crippen LogP contribution in [0.15, 0.2) is 23.1 Å². The lowest BCUT2D eigenvalue weighted by atomic mass is 10.3. The Balaban J connectivity index is 2.37. The second-order valence-corrected chi connectivity index (χ2v) is 6.64. The van der Waals surface area contributed by atoms with Gasteiger partial charge in [-0.05, 0) is 12.1 Å². The van der Waals surface area contributed by atoms with Crippen LogP contribution in [-0.4, -0.2) is 45.4 Å². The maximum Gasteiger partial charge on any atom is 0.246 e. The Morgan fingerprint density at radius 2 is 2.10 bits per heavy atom. The maximum absolute atomic E-state index is 12.6. The van der Waals surface area contributed by atoms with E-state index in [1.807, 2.05) is 0 Å². The van der Waals surface area contributed by atoms with E-state index in [2.05, 4.69) is 5.32 Å². The first kappa shape index (κ1) is 15.1. The smallest absolute Gasteiger partial charge is 0.246 e. The van der Waals surface area contributed by atoms with Gasteiger partial charge < -0.3 is 10.1 Å². The van der Waals surface area contributed by atoms with E-state index in [9.17, 15) is 13.2 Å². The van der Waals surface area contributed by atoms with Crippen LogP contribution in [0.3, 0.4) is 0 Å². The lowest BCUT2D eigenvalue weighted by molar-refractivity contribution is -0.120. The predicted octanol–water partition coefficient (Wildman–Crippen LogP) is 0.859. The molecule has 1 heterocycles. The number of methoxy groups -OCH3 is 1. The van der Waals surface area contributed by atoms with Gasteiger partial charge in [0, 0.05) is 37.1 Å². The number of hydrogen-bond acceptors (Lipinski definition) is 4. The molecule has 1 aliphatic heterocycles. The van der Waals surface area contributed by atoms with Crippen LogP contribution in [0.1, 0.15) is 6.42 Å². The molecule has 1 fully saturated rings. The molecular formula is C12H15ClN2O4S. The Labute approximate surface area is 122 Å². The second-order valence-electron chi connectivity index (χ2n) is 4.30. The second kappa shape index (κ2) is 5.99. The third-order valence-corrected chi connectivity index (χ3v) is 5.19. The average Bonchev–Trinajstić information content (AvgIpc) is 2.63. The summed E-state index contributed by atoms with van der Waals surface area (Å²) in [7, 11) is -2.32. The first-order chi connectivity index (χ1) is 9.45. The monoisotopic (exact) mass is 318 g/mol. The molecule has 1 amide bonds. The molecule has 1 aromatic rings. The van der Waals surface area contributed by atoms with Crippen molar-refractivity contribution in [2.24, 2.45) is 0 Å². The number of hydrogen-bond donors (Lipinski definition) is 1. The van der Waals surface area contributed by atoms with Crippen molar-refractivity contribution in [3.63, 3.8) is 0 Å². The van der Waals surface area contributed by atoms with Gasteiger partial charge in [0.05, 0.1) is 7.11 Å². The normalized spacial score (nSPS) is 17.4. The molecule has 20 heavy (non-hydrogen) atoms. The molecule has 1 N–H and O–H groups in total. The first-order valence-electron chi connectivity index (χ1n) is 6.05. The standard InChI is InChI=1S/C12H15ClN2O4S/c1-19-10-8-9(13)2-3-11(10)20(17,18)15-6-4-12(16)14-5-7-15/h2-3,8H,4-7H2,1H3,(H,14,16). The van der Waals surface area contributed by atoms with Gasteiger partial charge in [-0.2, -0.15) is 4.31 Å². The van der Waals surface area contributed by atoms with Crippen molar-refractivity contribution in [3.05, 3.63) is 23.2 Å². The number of rotatable bonds is 3. The molecule has 1 aromatic carbocycles. The zero-order chi connectivity index (χ0) is 14.8. The van der Waals surface area contributed by atoms with Gasteiger partial charge >= 0.3 is 0 Å². The third-order valence-electron chi connectivity index (χ3n) is 3.02. The van der Waals surface area contributed by atoms with E-state index < -0.39 is 10.0 Å². The van der Waals surface area contributed by atoms with Crippen molar-refractivity contribution in [1.82, 2.24) is 9.62 Å². The number of benzene rings is 1. The van der Waals surface area contributed by atoms with Crippen LogP contribution in [0.5, 0.6) is 5.75 Å². The van der Waals surface area contributed by atoms with E-state index in [0.29, 0.717) is 11.6 Å². The van der Waals surface area contributed by atoms with Gasteiger partial charge in [-0.3, -0.25) is 4.79 Å². The zero-order valence-electron chi connectivity index (χ0n) is 10.9. The van der Waals surface area contributed by atoms with Gasteiger partial charge in [-0.1, -0.05) is 11.6 Å². The summed E-state index contributed by atoms with van der Waals surface area (Å²) in [4.78, 5) is 11.3. The molecule has 0 radical (unpaired) electrons. The Morgan fingerprint density at radius 3 is 2.80 bits per heavy atom. The molecule has 6 nitrogen and oxygen atoms in total. The van der Waals surface area contributed by atoms with Crippen molar-refractivity contribution < 1.29 is 17.9 Å². The van der Waals surface area contributed by atoms with Crippen LogP contribution in [0.2, 0.25) is 5.02 Å². The Bertz CT molecular complexity index is 618. The van der Waals surface area contributed by atoms with Gasteiger partial charge in [0.2, 0.25) is 15.9 Å². The van der Waals surface area contributed by atoms with Crippen molar-refractivity contribution in [1.29, 1.82) is 0 Å². The quantitative estimate of drug-likeness (QED) is 0.897. The predicted molar refractivity (Wildman–Crippen MR) is 74.4 cm³/mol. The summed E-state index contributed by atoms with van der Waals surface area (Å²) < 4.78 is 31.6. The SMILES string of the molecule is COc1cc(Cl)ccc1S(=O)(=O)N1CCNC(=O)CC1. The molecule has 110 valence electrons. The van der Waals surface area contributed by atoms with Crippen molar-refractivity contribution >= 4 is 27.5 Å². The van der Waals surface area contributed by atoms with Crippen LogP contribution in [0, 0.1) is 0 Å². The zero-order valence-corrected chi connectivity index (χ0v) is 12.5. The summed E-state index contributed by atoms with van der Waals surface area (Å²) >= 11 is 5.83. The number of ether oxygens (including phenoxy) is 1. The summed E-state index contributed by atoms with van der Waals surface area (Å²) in [6, 6.07) is 4.37. The molecule has 1 saturated heterocycles. The van der Waals surface area contributed by atoms with E-state index in [1.54, 1.807) is 0 Å². The number of carbonyl (C=O) groups excluding carboxylic acids is 1. The number of carbonyl (C=O) groups is 1. The maximum atomic E-state index is 12.6. The van der Waals surface area contributed by atoms with Gasteiger partial charge in [-0.25, -0.2) is 8.42 Å². The highest BCUT2D eigenvalue weighted by Gasteiger charge is 2.29. The fourth-order valence-electron chi connectivity index (χ4n) is 1.98. The minimum atomic E-state index is -3.71. The van der Waals surface area contributed by atoms with Crippen molar-refractivity contribution in [3.8, 4) is 5.75 Å². The van der Waals surface area contributed by atoms with E-state index in [4.69, 9.17) is 16.3 Å². The highest BCUT2D eigenvalue weighted by Crippen LogP contribution is 2.29. The van der Waals surface area contributed by atoms with E-state index in [0.717, 1.165) is 0 Å². The van der Waals surface area contributed by atoms with Gasteiger partial charge in [0.1, 0.15) is 10.6 Å². The van der Waals surface area contributed by atoms with Gasteiger partial charge in [0.25, 0.3) is 0 Å². The molecule has 8 heteroatoms. The highest BCUT2D eigenvalue weighted by atomic mass is 35.5. The van der Waals surface area contributed by atoms with E-state index in [-0.39, 0.29) is 36.1 Å². The Morgan fingerprint density at radius 1 is 1.35 bits per heavy atom. The van der Waals surface area contributed by atoms with Crippen molar-refractivity contribution in [2.75, 3.05) is 26.7 Å². The lowest BCUT2D eigenvalue weighted by Crippen LogP contribution is -2.34. The molecular weight excluding hydrogens is 304 g/mol. The van der Waals surface area contributed by atoms with Crippen LogP contribution in [0.25, 0.3) is 0 Å². The molecule has 0 atom stereocenters. The van der Waals surface area contributed by atoms with E-state index in [1.165, 1.54) is 29.6 Å². The minimum Gasteiger partial charge on any atom is -0.495 e. The van der Waals surface area contributed by atoms with Crippen molar-refractivity contribution in [2.45, 2.75) is 11.3 Å². The molecule has 0 saturated carbocycles. The summed E-state index contributed by atoms with van der Waals surface area (Å²) in [6.07, 6.45) is 0.148. The first-order valence-corrected chi connectivity index (χ1v) is 7.87. The molecule has 0 spiro atoms. The average molecular weight is 319 g/mol. The molecule has 1 aliphatic rings. The molecule has 0 aliphatic carbocycles. The Kier molecular flexibility index (Phi) is 4.52. The summed E-state index contributed by atoms with van der Waals surface area (Å²) in [6.45, 7) is 0.688. The van der Waals surface area contributed by atoms with Crippen LogP contribution in [-0.2, 0) is 14.8 Å². The van der Waals surface area contributed by atoms with Gasteiger partial charge in [-0.15, -0.1) is 0 Å². The number of amides is 1. The summed E-state index contributed by atoms with van der Waals surface area (Å²) in [5.41, 5.74) is 0. The largest absolute Gasteiger partial charge is 0.495 e. The Hall–Kier alpha value is -1.31. The molecule has 0 unspecified atom stereocenters. The molecule has 0 aromatic heterocycles. The minimum absolute atomic E-state index is 0.0544.